The minimum atomic E-state index is -0.260. The van der Waals surface area contributed by atoms with E-state index in [2.05, 4.69) is 10.6 Å². The Morgan fingerprint density at radius 1 is 0.852 bits per heavy atom. The molecule has 0 aromatic heterocycles. The number of ether oxygens (including phenoxy) is 1. The minimum absolute atomic E-state index is 0.0983. The van der Waals surface area contributed by atoms with Crippen LogP contribution >= 0.6 is 11.6 Å². The molecule has 0 aliphatic heterocycles. The highest BCUT2D eigenvalue weighted by Crippen LogP contribution is 2.18. The van der Waals surface area contributed by atoms with E-state index in [4.69, 9.17) is 16.3 Å². The number of fused-ring (bicyclic) bond motifs is 1. The van der Waals surface area contributed by atoms with Gasteiger partial charge >= 0.3 is 0 Å². The molecule has 6 heteroatoms. The maximum Gasteiger partial charge on any atom is 0.258 e. The summed E-state index contributed by atoms with van der Waals surface area (Å²) >= 11 is 5.79. The number of hydrogen-bond donors (Lipinski definition) is 2. The summed E-state index contributed by atoms with van der Waals surface area (Å²) in [5, 5.41) is 8.04. The Morgan fingerprint density at radius 2 is 1.56 bits per heavy atom. The van der Waals surface area contributed by atoms with Gasteiger partial charge in [0, 0.05) is 23.7 Å². The molecule has 138 valence electrons. The lowest BCUT2D eigenvalue weighted by molar-refractivity contribution is -0.123. The third-order valence-electron chi connectivity index (χ3n) is 3.95. The van der Waals surface area contributed by atoms with Crippen LogP contribution in [-0.2, 0) is 4.79 Å². The van der Waals surface area contributed by atoms with E-state index < -0.39 is 0 Å². The molecule has 0 spiro atoms. The second-order valence-electron chi connectivity index (χ2n) is 5.88. The fraction of sp³-hybridized carbons (Fsp3) is 0.143. The van der Waals surface area contributed by atoms with Gasteiger partial charge in [0.05, 0.1) is 0 Å². The first-order valence-corrected chi connectivity index (χ1v) is 8.92. The van der Waals surface area contributed by atoms with E-state index in [0.717, 1.165) is 10.8 Å². The van der Waals surface area contributed by atoms with E-state index in [9.17, 15) is 9.59 Å². The Balaban J connectivity index is 1.42. The molecule has 0 saturated heterocycles. The number of hydrogen-bond acceptors (Lipinski definition) is 3. The fourth-order valence-electron chi connectivity index (χ4n) is 2.63. The molecule has 2 amide bonds. The van der Waals surface area contributed by atoms with Crippen LogP contribution in [-0.4, -0.2) is 31.5 Å². The van der Waals surface area contributed by atoms with Crippen LogP contribution in [0.2, 0.25) is 5.02 Å². The van der Waals surface area contributed by atoms with Crippen molar-refractivity contribution < 1.29 is 14.3 Å². The summed E-state index contributed by atoms with van der Waals surface area (Å²) in [5.41, 5.74) is 0.616. The van der Waals surface area contributed by atoms with Crippen molar-refractivity contribution >= 4 is 34.2 Å². The minimum Gasteiger partial charge on any atom is -0.484 e. The van der Waals surface area contributed by atoms with Gasteiger partial charge in [0.15, 0.2) is 6.61 Å². The number of nitrogens with one attached hydrogen (secondary N) is 2. The van der Waals surface area contributed by atoms with E-state index in [1.54, 1.807) is 30.3 Å². The highest BCUT2D eigenvalue weighted by atomic mass is 35.5. The molecule has 27 heavy (non-hydrogen) atoms. The number of halogens is 1. The highest BCUT2D eigenvalue weighted by Gasteiger charge is 2.09. The first-order chi connectivity index (χ1) is 13.1. The Kier molecular flexibility index (Phi) is 6.28. The summed E-state index contributed by atoms with van der Waals surface area (Å²) in [4.78, 5) is 24.2. The number of carbonyl (C=O) groups is 2. The Hall–Kier alpha value is -3.05. The first kappa shape index (κ1) is 18.7. The Bertz CT molecular complexity index is 936. The molecule has 0 saturated carbocycles. The molecule has 0 heterocycles. The first-order valence-electron chi connectivity index (χ1n) is 8.54. The SMILES string of the molecule is O=C(COc1ccc(Cl)cc1)NCCNC(=O)c1cccc2ccccc12. The van der Waals surface area contributed by atoms with Crippen molar-refractivity contribution in [1.82, 2.24) is 10.6 Å². The normalized spacial score (nSPS) is 10.4. The predicted octanol–water partition coefficient (Wildman–Crippen LogP) is 3.42. The van der Waals surface area contributed by atoms with E-state index in [-0.39, 0.29) is 18.4 Å². The van der Waals surface area contributed by atoms with Gasteiger partial charge in [-0.05, 0) is 41.1 Å². The van der Waals surface area contributed by atoms with Crippen LogP contribution < -0.4 is 15.4 Å². The van der Waals surface area contributed by atoms with Crippen LogP contribution in [0.3, 0.4) is 0 Å². The van der Waals surface area contributed by atoms with Crippen molar-refractivity contribution in [2.24, 2.45) is 0 Å². The zero-order valence-corrected chi connectivity index (χ0v) is 15.3. The smallest absolute Gasteiger partial charge is 0.258 e. The van der Waals surface area contributed by atoms with Gasteiger partial charge in [-0.15, -0.1) is 0 Å². The highest BCUT2D eigenvalue weighted by molar-refractivity contribution is 6.30. The van der Waals surface area contributed by atoms with E-state index in [0.29, 0.717) is 29.4 Å². The molecule has 0 radical (unpaired) electrons. The average molecular weight is 383 g/mol. The molecule has 0 unspecified atom stereocenters. The van der Waals surface area contributed by atoms with Crippen molar-refractivity contribution in [2.45, 2.75) is 0 Å². The molecular weight excluding hydrogens is 364 g/mol. The number of rotatable bonds is 7. The van der Waals surface area contributed by atoms with Gasteiger partial charge in [0.1, 0.15) is 5.75 Å². The van der Waals surface area contributed by atoms with Gasteiger partial charge in [0.25, 0.3) is 11.8 Å². The molecular formula is C21H19ClN2O3. The Morgan fingerprint density at radius 3 is 2.37 bits per heavy atom. The molecule has 5 nitrogen and oxygen atoms in total. The quantitative estimate of drug-likeness (QED) is 0.615. The standard InChI is InChI=1S/C21H19ClN2O3/c22-16-8-10-17(11-9-16)27-14-20(25)23-12-13-24-21(26)19-7-3-5-15-4-1-2-6-18(15)19/h1-11H,12-14H2,(H,23,25)(H,24,26). The Labute approximate surface area is 162 Å². The molecule has 0 aliphatic rings. The lowest BCUT2D eigenvalue weighted by atomic mass is 10.0. The summed E-state index contributed by atoms with van der Waals surface area (Å²) < 4.78 is 5.36. The second kappa shape index (κ2) is 9.05. The lowest BCUT2D eigenvalue weighted by Crippen LogP contribution is -2.36. The largest absolute Gasteiger partial charge is 0.484 e. The number of amides is 2. The van der Waals surface area contributed by atoms with Crippen LogP contribution in [0.25, 0.3) is 10.8 Å². The summed E-state index contributed by atoms with van der Waals surface area (Å²) in [6.07, 6.45) is 0. The van der Waals surface area contributed by atoms with Crippen molar-refractivity contribution in [3.05, 3.63) is 77.3 Å². The van der Waals surface area contributed by atoms with Crippen LogP contribution in [0.15, 0.2) is 66.7 Å². The summed E-state index contributed by atoms with van der Waals surface area (Å²) in [6.45, 7) is 0.549. The summed E-state index contributed by atoms with van der Waals surface area (Å²) in [6, 6.07) is 20.1. The predicted molar refractivity (Wildman–Crippen MR) is 106 cm³/mol. The molecule has 2 N–H and O–H groups in total. The topological polar surface area (TPSA) is 67.4 Å². The average Bonchev–Trinajstić information content (AvgIpc) is 2.70. The zero-order chi connectivity index (χ0) is 19.1. The third kappa shape index (κ3) is 5.21. The van der Waals surface area contributed by atoms with Crippen LogP contribution in [0.5, 0.6) is 5.75 Å². The van der Waals surface area contributed by atoms with Crippen molar-refractivity contribution in [3.8, 4) is 5.75 Å². The van der Waals surface area contributed by atoms with Crippen LogP contribution in [0.4, 0.5) is 0 Å². The second-order valence-corrected chi connectivity index (χ2v) is 6.31. The van der Waals surface area contributed by atoms with Gasteiger partial charge in [0.2, 0.25) is 0 Å². The molecule has 0 bridgehead atoms. The maximum absolute atomic E-state index is 12.4. The van der Waals surface area contributed by atoms with Crippen LogP contribution in [0, 0.1) is 0 Å². The lowest BCUT2D eigenvalue weighted by Gasteiger charge is -2.10. The summed E-state index contributed by atoms with van der Waals surface area (Å²) in [7, 11) is 0. The zero-order valence-electron chi connectivity index (χ0n) is 14.6. The third-order valence-corrected chi connectivity index (χ3v) is 4.20. The van der Waals surface area contributed by atoms with E-state index >= 15 is 0 Å². The fourth-order valence-corrected chi connectivity index (χ4v) is 2.75. The van der Waals surface area contributed by atoms with Gasteiger partial charge in [-0.1, -0.05) is 48.0 Å². The van der Waals surface area contributed by atoms with Crippen molar-refractivity contribution in [3.63, 3.8) is 0 Å². The molecule has 3 rings (SSSR count). The molecule has 0 aliphatic carbocycles. The summed E-state index contributed by atoms with van der Waals surface area (Å²) in [5.74, 6) is 0.140. The molecule has 3 aromatic carbocycles. The van der Waals surface area contributed by atoms with Crippen molar-refractivity contribution in [2.75, 3.05) is 19.7 Å². The number of benzene rings is 3. The van der Waals surface area contributed by atoms with Gasteiger partial charge in [-0.2, -0.15) is 0 Å². The molecule has 0 fully saturated rings. The van der Waals surface area contributed by atoms with E-state index in [1.165, 1.54) is 0 Å². The van der Waals surface area contributed by atoms with Crippen molar-refractivity contribution in [1.29, 1.82) is 0 Å². The monoisotopic (exact) mass is 382 g/mol. The van der Waals surface area contributed by atoms with Gasteiger partial charge in [-0.3, -0.25) is 9.59 Å². The maximum atomic E-state index is 12.4. The molecule has 0 atom stereocenters. The van der Waals surface area contributed by atoms with E-state index in [1.807, 2.05) is 36.4 Å². The van der Waals surface area contributed by atoms with Gasteiger partial charge < -0.3 is 15.4 Å². The number of carbonyl (C=O) groups excluding carboxylic acids is 2. The van der Waals surface area contributed by atoms with Crippen LogP contribution in [0.1, 0.15) is 10.4 Å². The van der Waals surface area contributed by atoms with Gasteiger partial charge in [-0.25, -0.2) is 0 Å². The molecule has 3 aromatic rings.